The third kappa shape index (κ3) is 4.29. The van der Waals surface area contributed by atoms with Gasteiger partial charge in [0.1, 0.15) is 17.8 Å². The van der Waals surface area contributed by atoms with E-state index in [-0.39, 0.29) is 17.9 Å². The fourth-order valence-corrected chi connectivity index (χ4v) is 2.99. The molecule has 0 aliphatic carbocycles. The number of furan rings is 1. The fraction of sp³-hybridized carbons (Fsp3) is 0.556. The summed E-state index contributed by atoms with van der Waals surface area (Å²) in [4.78, 5) is 19.3. The van der Waals surface area contributed by atoms with Crippen molar-refractivity contribution in [3.8, 4) is 0 Å². The second kappa shape index (κ2) is 7.84. The van der Waals surface area contributed by atoms with E-state index in [0.29, 0.717) is 12.1 Å². The van der Waals surface area contributed by atoms with Crippen LogP contribution >= 0.6 is 0 Å². The van der Waals surface area contributed by atoms with Gasteiger partial charge < -0.3 is 19.0 Å². The molecule has 7 heteroatoms. The number of nitrogens with one attached hydrogen (secondary N) is 1. The Hall–Kier alpha value is -2.12. The summed E-state index contributed by atoms with van der Waals surface area (Å²) in [6, 6.07) is 1.67. The molecule has 0 saturated carbocycles. The SMILES string of the molecule is CC(C)[C@H](NC(=O)c1coc(CN2CCOCC2)c1)c1nccn1C. The maximum Gasteiger partial charge on any atom is 0.255 e. The molecule has 1 amide bonds. The molecule has 7 nitrogen and oxygen atoms in total. The highest BCUT2D eigenvalue weighted by atomic mass is 16.5. The predicted molar refractivity (Wildman–Crippen MR) is 93.1 cm³/mol. The molecule has 0 bridgehead atoms. The van der Waals surface area contributed by atoms with Crippen LogP contribution in [0.4, 0.5) is 0 Å². The molecule has 1 aliphatic rings. The molecule has 1 aliphatic heterocycles. The summed E-state index contributed by atoms with van der Waals surface area (Å²) in [5.74, 6) is 1.73. The van der Waals surface area contributed by atoms with Crippen LogP contribution in [0.1, 0.15) is 41.8 Å². The van der Waals surface area contributed by atoms with Gasteiger partial charge in [0.15, 0.2) is 0 Å². The number of nitrogens with zero attached hydrogens (tertiary/aromatic N) is 3. The Bertz CT molecular complexity index is 701. The summed E-state index contributed by atoms with van der Waals surface area (Å²) in [6.07, 6.45) is 5.16. The molecule has 1 atom stereocenters. The number of amides is 1. The van der Waals surface area contributed by atoms with Crippen LogP contribution < -0.4 is 5.32 Å². The van der Waals surface area contributed by atoms with Crippen LogP contribution in [0.5, 0.6) is 0 Å². The van der Waals surface area contributed by atoms with Crippen LogP contribution in [0.15, 0.2) is 29.1 Å². The molecule has 0 aromatic carbocycles. The lowest BCUT2D eigenvalue weighted by molar-refractivity contribution is 0.0313. The largest absolute Gasteiger partial charge is 0.467 e. The van der Waals surface area contributed by atoms with E-state index < -0.39 is 0 Å². The zero-order valence-corrected chi connectivity index (χ0v) is 15.1. The molecule has 3 rings (SSSR count). The van der Waals surface area contributed by atoms with Crippen LogP contribution in [0.2, 0.25) is 0 Å². The lowest BCUT2D eigenvalue weighted by Crippen LogP contribution is -2.35. The third-order valence-electron chi connectivity index (χ3n) is 4.49. The van der Waals surface area contributed by atoms with E-state index in [0.717, 1.165) is 37.9 Å². The molecule has 2 aromatic rings. The second-order valence-electron chi connectivity index (χ2n) is 6.78. The fourth-order valence-electron chi connectivity index (χ4n) is 2.99. The first-order valence-electron chi connectivity index (χ1n) is 8.70. The van der Waals surface area contributed by atoms with Gasteiger partial charge in [0, 0.05) is 32.5 Å². The number of carbonyl (C=O) groups excluding carboxylic acids is 1. The van der Waals surface area contributed by atoms with Crippen molar-refractivity contribution in [2.24, 2.45) is 13.0 Å². The number of rotatable bonds is 6. The van der Waals surface area contributed by atoms with Crippen molar-refractivity contribution >= 4 is 5.91 Å². The summed E-state index contributed by atoms with van der Waals surface area (Å²) >= 11 is 0. The van der Waals surface area contributed by atoms with Gasteiger partial charge >= 0.3 is 0 Å². The summed E-state index contributed by atoms with van der Waals surface area (Å²) in [5.41, 5.74) is 0.545. The Morgan fingerprint density at radius 3 is 2.76 bits per heavy atom. The minimum absolute atomic E-state index is 0.140. The number of morpholine rings is 1. The molecule has 136 valence electrons. The summed E-state index contributed by atoms with van der Waals surface area (Å²) in [7, 11) is 1.93. The molecule has 0 spiro atoms. The average molecular weight is 346 g/mol. The highest BCUT2D eigenvalue weighted by Gasteiger charge is 2.23. The average Bonchev–Trinajstić information content (AvgIpc) is 3.22. The van der Waals surface area contributed by atoms with Crippen LogP contribution in [-0.2, 0) is 18.3 Å². The molecule has 3 heterocycles. The maximum absolute atomic E-state index is 12.6. The Kier molecular flexibility index (Phi) is 5.55. The van der Waals surface area contributed by atoms with Crippen molar-refractivity contribution in [3.63, 3.8) is 0 Å². The van der Waals surface area contributed by atoms with Crippen LogP contribution in [0.25, 0.3) is 0 Å². The number of imidazole rings is 1. The number of aryl methyl sites for hydroxylation is 1. The zero-order chi connectivity index (χ0) is 17.8. The van der Waals surface area contributed by atoms with E-state index in [1.54, 1.807) is 6.20 Å². The number of carbonyl (C=O) groups is 1. The smallest absolute Gasteiger partial charge is 0.255 e. The van der Waals surface area contributed by atoms with Crippen molar-refractivity contribution in [1.29, 1.82) is 0 Å². The van der Waals surface area contributed by atoms with Crippen molar-refractivity contribution < 1.29 is 13.9 Å². The Balaban J connectivity index is 1.65. The van der Waals surface area contributed by atoms with Crippen LogP contribution in [-0.4, -0.2) is 46.7 Å². The lowest BCUT2D eigenvalue weighted by Gasteiger charge is -2.25. The van der Waals surface area contributed by atoms with Crippen LogP contribution in [0.3, 0.4) is 0 Å². The van der Waals surface area contributed by atoms with Gasteiger partial charge in [-0.15, -0.1) is 0 Å². The van der Waals surface area contributed by atoms with Crippen molar-refractivity contribution in [2.45, 2.75) is 26.4 Å². The number of hydrogen-bond donors (Lipinski definition) is 1. The van der Waals surface area contributed by atoms with E-state index in [9.17, 15) is 4.79 Å². The molecular formula is C18H26N4O3. The normalized spacial score (nSPS) is 17.0. The van der Waals surface area contributed by atoms with Gasteiger partial charge in [0.2, 0.25) is 0 Å². The van der Waals surface area contributed by atoms with Crippen LogP contribution in [0, 0.1) is 5.92 Å². The highest BCUT2D eigenvalue weighted by Crippen LogP contribution is 2.21. The van der Waals surface area contributed by atoms with Gasteiger partial charge in [-0.1, -0.05) is 13.8 Å². The maximum atomic E-state index is 12.6. The van der Waals surface area contributed by atoms with E-state index in [1.807, 2.05) is 23.9 Å². The highest BCUT2D eigenvalue weighted by molar-refractivity contribution is 5.94. The standard InChI is InChI=1S/C18H26N4O3/c1-13(2)16(17-19-4-5-21(17)3)20-18(23)14-10-15(25-12-14)11-22-6-8-24-9-7-22/h4-5,10,12-13,16H,6-9,11H2,1-3H3,(H,20,23)/t16-/m0/s1. The van der Waals surface area contributed by atoms with Crippen molar-refractivity contribution in [3.05, 3.63) is 41.9 Å². The topological polar surface area (TPSA) is 72.5 Å². The minimum atomic E-state index is -0.148. The summed E-state index contributed by atoms with van der Waals surface area (Å²) < 4.78 is 12.9. The van der Waals surface area contributed by atoms with E-state index >= 15 is 0 Å². The van der Waals surface area contributed by atoms with Crippen molar-refractivity contribution in [2.75, 3.05) is 26.3 Å². The monoisotopic (exact) mass is 346 g/mol. The molecule has 2 aromatic heterocycles. The Morgan fingerprint density at radius 1 is 1.36 bits per heavy atom. The number of aromatic nitrogens is 2. The Labute approximate surface area is 148 Å². The van der Waals surface area contributed by atoms with Crippen molar-refractivity contribution in [1.82, 2.24) is 19.8 Å². The van der Waals surface area contributed by atoms with Gasteiger partial charge in [-0.25, -0.2) is 4.98 Å². The molecule has 1 fully saturated rings. The van der Waals surface area contributed by atoms with Gasteiger partial charge in [-0.3, -0.25) is 9.69 Å². The molecule has 1 saturated heterocycles. The lowest BCUT2D eigenvalue weighted by atomic mass is 10.0. The minimum Gasteiger partial charge on any atom is -0.467 e. The first kappa shape index (κ1) is 17.7. The Morgan fingerprint density at radius 2 is 2.12 bits per heavy atom. The molecule has 25 heavy (non-hydrogen) atoms. The van der Waals surface area contributed by atoms with E-state index in [1.165, 1.54) is 6.26 Å². The molecule has 0 unspecified atom stereocenters. The zero-order valence-electron chi connectivity index (χ0n) is 15.1. The first-order chi connectivity index (χ1) is 12.0. The number of hydrogen-bond acceptors (Lipinski definition) is 5. The number of ether oxygens (including phenoxy) is 1. The van der Waals surface area contributed by atoms with Gasteiger partial charge in [0.25, 0.3) is 5.91 Å². The molecule has 0 radical (unpaired) electrons. The predicted octanol–water partition coefficient (Wildman–Crippen LogP) is 1.97. The summed E-state index contributed by atoms with van der Waals surface area (Å²) in [6.45, 7) is 8.09. The van der Waals surface area contributed by atoms with E-state index in [4.69, 9.17) is 9.15 Å². The molecular weight excluding hydrogens is 320 g/mol. The third-order valence-corrected chi connectivity index (χ3v) is 4.49. The first-order valence-corrected chi connectivity index (χ1v) is 8.70. The second-order valence-corrected chi connectivity index (χ2v) is 6.78. The quantitative estimate of drug-likeness (QED) is 0.866. The van der Waals surface area contributed by atoms with Gasteiger partial charge in [0.05, 0.1) is 31.4 Å². The van der Waals surface area contributed by atoms with Gasteiger partial charge in [-0.05, 0) is 12.0 Å². The van der Waals surface area contributed by atoms with Gasteiger partial charge in [-0.2, -0.15) is 0 Å². The summed E-state index contributed by atoms with van der Waals surface area (Å²) in [5, 5.41) is 3.08. The molecule has 1 N–H and O–H groups in total. The van der Waals surface area contributed by atoms with E-state index in [2.05, 4.69) is 29.0 Å².